The molecule has 0 unspecified atom stereocenters. The van der Waals surface area contributed by atoms with Gasteiger partial charge in [-0.1, -0.05) is 13.3 Å². The summed E-state index contributed by atoms with van der Waals surface area (Å²) in [5.74, 6) is 0. The van der Waals surface area contributed by atoms with Crippen LogP contribution in [0.25, 0.3) is 0 Å². The van der Waals surface area contributed by atoms with Gasteiger partial charge in [0.2, 0.25) is 0 Å². The third-order valence-electron chi connectivity index (χ3n) is 1.14. The highest BCUT2D eigenvalue weighted by molar-refractivity contribution is 5.67. The van der Waals surface area contributed by atoms with Gasteiger partial charge in [0, 0.05) is 6.04 Å². The Morgan fingerprint density at radius 2 is 2.18 bits per heavy atom. The Balaban J connectivity index is 3.23. The fraction of sp³-hybridized carbons (Fsp3) is 0.875. The largest absolute Gasteiger partial charge is 0.450 e. The molecular formula is C8H17NO2. The third kappa shape index (κ3) is 7.16. The van der Waals surface area contributed by atoms with E-state index in [1.807, 2.05) is 13.8 Å². The summed E-state index contributed by atoms with van der Waals surface area (Å²) in [6.45, 7) is 6.39. The number of rotatable bonds is 4. The van der Waals surface area contributed by atoms with Gasteiger partial charge >= 0.3 is 6.09 Å². The van der Waals surface area contributed by atoms with Gasteiger partial charge in [0.25, 0.3) is 0 Å². The second-order valence-corrected chi connectivity index (χ2v) is 2.79. The van der Waals surface area contributed by atoms with Crippen LogP contribution in [0.15, 0.2) is 0 Å². The van der Waals surface area contributed by atoms with Crippen LogP contribution >= 0.6 is 0 Å². The van der Waals surface area contributed by atoms with E-state index in [0.29, 0.717) is 6.61 Å². The molecule has 0 bridgehead atoms. The third-order valence-corrected chi connectivity index (χ3v) is 1.14. The van der Waals surface area contributed by atoms with Gasteiger partial charge in [0.05, 0.1) is 6.61 Å². The Bertz CT molecular complexity index is 113. The fourth-order valence-electron chi connectivity index (χ4n) is 0.587. The van der Waals surface area contributed by atoms with E-state index in [9.17, 15) is 4.79 Å². The van der Waals surface area contributed by atoms with Crippen molar-refractivity contribution in [3.63, 3.8) is 0 Å². The first-order chi connectivity index (χ1) is 5.16. The van der Waals surface area contributed by atoms with Crippen molar-refractivity contribution in [3.8, 4) is 0 Å². The van der Waals surface area contributed by atoms with E-state index in [0.717, 1.165) is 12.8 Å². The Morgan fingerprint density at radius 3 is 2.64 bits per heavy atom. The molecule has 0 rings (SSSR count). The van der Waals surface area contributed by atoms with Crippen molar-refractivity contribution >= 4 is 6.09 Å². The molecule has 0 saturated carbocycles. The maximum absolute atomic E-state index is 10.8. The van der Waals surface area contributed by atoms with E-state index in [-0.39, 0.29) is 12.1 Å². The van der Waals surface area contributed by atoms with Gasteiger partial charge in [-0.15, -0.1) is 0 Å². The van der Waals surface area contributed by atoms with Gasteiger partial charge in [-0.3, -0.25) is 0 Å². The second kappa shape index (κ2) is 6.01. The summed E-state index contributed by atoms with van der Waals surface area (Å²) in [5, 5.41) is 2.64. The van der Waals surface area contributed by atoms with E-state index in [2.05, 4.69) is 12.2 Å². The minimum atomic E-state index is -0.312. The molecule has 66 valence electrons. The van der Waals surface area contributed by atoms with E-state index in [4.69, 9.17) is 4.74 Å². The highest BCUT2D eigenvalue weighted by Crippen LogP contribution is 1.89. The van der Waals surface area contributed by atoms with Crippen LogP contribution < -0.4 is 5.32 Å². The van der Waals surface area contributed by atoms with Gasteiger partial charge < -0.3 is 10.1 Å². The summed E-state index contributed by atoms with van der Waals surface area (Å²) >= 11 is 0. The summed E-state index contributed by atoms with van der Waals surface area (Å²) in [5.41, 5.74) is 0. The molecule has 0 spiro atoms. The van der Waals surface area contributed by atoms with Gasteiger partial charge in [0.15, 0.2) is 0 Å². The van der Waals surface area contributed by atoms with Gasteiger partial charge in [-0.2, -0.15) is 0 Å². The molecule has 3 heteroatoms. The number of ether oxygens (including phenoxy) is 1. The zero-order valence-corrected chi connectivity index (χ0v) is 7.52. The summed E-state index contributed by atoms with van der Waals surface area (Å²) in [7, 11) is 0. The van der Waals surface area contributed by atoms with E-state index in [1.165, 1.54) is 0 Å². The number of amides is 1. The predicted molar refractivity (Wildman–Crippen MR) is 44.5 cm³/mol. The van der Waals surface area contributed by atoms with Crippen LogP contribution in [0, 0.1) is 0 Å². The van der Waals surface area contributed by atoms with Gasteiger partial charge in [-0.05, 0) is 20.3 Å². The molecule has 0 aliphatic carbocycles. The number of hydrogen-bond acceptors (Lipinski definition) is 2. The number of unbranched alkanes of at least 4 members (excludes halogenated alkanes) is 1. The summed E-state index contributed by atoms with van der Waals surface area (Å²) in [4.78, 5) is 10.8. The SMILES string of the molecule is CCCCOC(=O)NC(C)C. The second-order valence-electron chi connectivity index (χ2n) is 2.79. The molecule has 0 aromatic heterocycles. The zero-order chi connectivity index (χ0) is 8.69. The van der Waals surface area contributed by atoms with Crippen molar-refractivity contribution in [1.82, 2.24) is 5.32 Å². The molecule has 0 aromatic rings. The molecule has 0 atom stereocenters. The van der Waals surface area contributed by atoms with Crippen molar-refractivity contribution in [2.24, 2.45) is 0 Å². The van der Waals surface area contributed by atoms with Crippen LogP contribution in [0.3, 0.4) is 0 Å². The molecule has 0 radical (unpaired) electrons. The number of carbonyl (C=O) groups is 1. The van der Waals surface area contributed by atoms with E-state index < -0.39 is 0 Å². The molecule has 1 amide bonds. The van der Waals surface area contributed by atoms with Gasteiger partial charge in [-0.25, -0.2) is 4.79 Å². The van der Waals surface area contributed by atoms with Crippen molar-refractivity contribution in [2.45, 2.75) is 39.7 Å². The first-order valence-electron chi connectivity index (χ1n) is 4.10. The average molecular weight is 159 g/mol. The topological polar surface area (TPSA) is 38.3 Å². The lowest BCUT2D eigenvalue weighted by Crippen LogP contribution is -2.30. The van der Waals surface area contributed by atoms with Crippen molar-refractivity contribution in [3.05, 3.63) is 0 Å². The number of alkyl carbamates (subject to hydrolysis) is 1. The van der Waals surface area contributed by atoms with E-state index in [1.54, 1.807) is 0 Å². The molecule has 1 N–H and O–H groups in total. The lowest BCUT2D eigenvalue weighted by atomic mass is 10.4. The predicted octanol–water partition coefficient (Wildman–Crippen LogP) is 1.92. The van der Waals surface area contributed by atoms with Crippen LogP contribution in [-0.4, -0.2) is 18.7 Å². The van der Waals surface area contributed by atoms with Crippen molar-refractivity contribution in [2.75, 3.05) is 6.61 Å². The summed E-state index contributed by atoms with van der Waals surface area (Å²) < 4.78 is 4.84. The highest BCUT2D eigenvalue weighted by Gasteiger charge is 2.01. The molecule has 0 aromatic carbocycles. The minimum absolute atomic E-state index is 0.157. The maximum Gasteiger partial charge on any atom is 0.407 e. The van der Waals surface area contributed by atoms with Crippen LogP contribution in [0.1, 0.15) is 33.6 Å². The molecule has 0 fully saturated rings. The quantitative estimate of drug-likeness (QED) is 0.636. The van der Waals surface area contributed by atoms with Crippen LogP contribution in [0.5, 0.6) is 0 Å². The Hall–Kier alpha value is -0.730. The minimum Gasteiger partial charge on any atom is -0.450 e. The number of carbonyl (C=O) groups excluding carboxylic acids is 1. The molecule has 0 aliphatic rings. The van der Waals surface area contributed by atoms with E-state index >= 15 is 0 Å². The number of hydrogen-bond donors (Lipinski definition) is 1. The summed E-state index contributed by atoms with van der Waals surface area (Å²) in [6.07, 6.45) is 1.67. The van der Waals surface area contributed by atoms with Crippen molar-refractivity contribution < 1.29 is 9.53 Å². The first kappa shape index (κ1) is 10.3. The van der Waals surface area contributed by atoms with Crippen LogP contribution in [-0.2, 0) is 4.74 Å². The normalized spacial score (nSPS) is 9.82. The monoisotopic (exact) mass is 159 g/mol. The molecule has 11 heavy (non-hydrogen) atoms. The molecular weight excluding hydrogens is 142 g/mol. The molecule has 0 saturated heterocycles. The van der Waals surface area contributed by atoms with Crippen LogP contribution in [0.2, 0.25) is 0 Å². The lowest BCUT2D eigenvalue weighted by Gasteiger charge is -2.08. The molecule has 0 aliphatic heterocycles. The number of nitrogens with one attached hydrogen (secondary N) is 1. The molecule has 0 heterocycles. The maximum atomic E-state index is 10.8. The first-order valence-corrected chi connectivity index (χ1v) is 4.10. The lowest BCUT2D eigenvalue weighted by molar-refractivity contribution is 0.142. The summed E-state index contributed by atoms with van der Waals surface area (Å²) in [6, 6.07) is 0.157. The highest BCUT2D eigenvalue weighted by atomic mass is 16.5. The Labute approximate surface area is 68.1 Å². The Morgan fingerprint density at radius 1 is 1.55 bits per heavy atom. The van der Waals surface area contributed by atoms with Crippen molar-refractivity contribution in [1.29, 1.82) is 0 Å². The van der Waals surface area contributed by atoms with Crippen LogP contribution in [0.4, 0.5) is 4.79 Å². The smallest absolute Gasteiger partial charge is 0.407 e. The zero-order valence-electron chi connectivity index (χ0n) is 7.52. The fourth-order valence-corrected chi connectivity index (χ4v) is 0.587. The molecule has 3 nitrogen and oxygen atoms in total. The Kier molecular flexibility index (Phi) is 5.61. The standard InChI is InChI=1S/C8H17NO2/c1-4-5-6-11-8(10)9-7(2)3/h7H,4-6H2,1-3H3,(H,9,10). The average Bonchev–Trinajstić information content (AvgIpc) is 1.86. The van der Waals surface area contributed by atoms with Gasteiger partial charge in [0.1, 0.15) is 0 Å².